The number of nitrogens with zero attached hydrogens (tertiary/aromatic N) is 5. The molecule has 0 saturated carbocycles. The molecule has 0 amide bonds. The first-order valence-electron chi connectivity index (χ1n) is 12.9. The van der Waals surface area contributed by atoms with Gasteiger partial charge in [0.1, 0.15) is 30.6 Å². The lowest BCUT2D eigenvalue weighted by atomic mass is 9.94. The predicted octanol–water partition coefficient (Wildman–Crippen LogP) is 4.25. The molecule has 4 aromatic rings. The van der Waals surface area contributed by atoms with Crippen molar-refractivity contribution in [3.63, 3.8) is 0 Å². The topological polar surface area (TPSA) is 113 Å². The minimum absolute atomic E-state index is 0.0648. The maximum absolute atomic E-state index is 11.6. The second-order valence-corrected chi connectivity index (χ2v) is 12.5. The van der Waals surface area contributed by atoms with E-state index in [0.29, 0.717) is 27.0 Å². The Morgan fingerprint density at radius 3 is 2.10 bits per heavy atom. The first kappa shape index (κ1) is 29.0. The van der Waals surface area contributed by atoms with Crippen molar-refractivity contribution in [3.8, 4) is 5.75 Å². The minimum Gasteiger partial charge on any atom is -0.490 e. The van der Waals surface area contributed by atoms with Gasteiger partial charge < -0.3 is 19.6 Å². The van der Waals surface area contributed by atoms with Crippen LogP contribution in [0, 0.1) is 0 Å². The zero-order chi connectivity index (χ0) is 29.0. The molecule has 13 heteroatoms. The van der Waals surface area contributed by atoms with E-state index in [1.54, 1.807) is 30.3 Å². The average molecular weight is 618 g/mol. The summed E-state index contributed by atoms with van der Waals surface area (Å²) in [4.78, 5) is 8.54. The summed E-state index contributed by atoms with van der Waals surface area (Å²) in [7, 11) is -3.30. The number of aromatic nitrogens is 3. The van der Waals surface area contributed by atoms with Gasteiger partial charge in [-0.1, -0.05) is 29.3 Å². The van der Waals surface area contributed by atoms with E-state index in [1.165, 1.54) is 17.3 Å². The van der Waals surface area contributed by atoms with Crippen LogP contribution >= 0.6 is 23.2 Å². The van der Waals surface area contributed by atoms with Gasteiger partial charge in [0.25, 0.3) is 0 Å². The Morgan fingerprint density at radius 2 is 1.56 bits per heavy atom. The van der Waals surface area contributed by atoms with E-state index < -0.39 is 15.6 Å². The van der Waals surface area contributed by atoms with Gasteiger partial charge >= 0.3 is 0 Å². The van der Waals surface area contributed by atoms with E-state index in [1.807, 2.05) is 36.4 Å². The first-order chi connectivity index (χ1) is 19.6. The highest BCUT2D eigenvalue weighted by Gasteiger charge is 2.34. The Kier molecular flexibility index (Phi) is 8.60. The summed E-state index contributed by atoms with van der Waals surface area (Å²) >= 11 is 12.5. The summed E-state index contributed by atoms with van der Waals surface area (Å²) in [5.74, 6) is 0.609. The van der Waals surface area contributed by atoms with Gasteiger partial charge in [0, 0.05) is 58.8 Å². The molecule has 1 saturated heterocycles. The number of benzene rings is 3. The van der Waals surface area contributed by atoms with Gasteiger partial charge in [-0.3, -0.25) is 4.72 Å². The molecule has 5 rings (SSSR count). The van der Waals surface area contributed by atoms with Crippen molar-refractivity contribution in [2.75, 3.05) is 53.6 Å². The normalized spacial score (nSPS) is 15.4. The molecule has 1 aliphatic rings. The van der Waals surface area contributed by atoms with E-state index in [0.717, 1.165) is 43.8 Å². The van der Waals surface area contributed by atoms with Crippen molar-refractivity contribution in [1.82, 2.24) is 14.8 Å². The Labute approximate surface area is 249 Å². The zero-order valence-corrected chi connectivity index (χ0v) is 24.6. The summed E-state index contributed by atoms with van der Waals surface area (Å²) in [6, 6.07) is 20.1. The number of anilines is 3. The predicted molar refractivity (Wildman–Crippen MR) is 162 cm³/mol. The molecule has 1 atom stereocenters. The molecule has 1 aliphatic heterocycles. The minimum atomic E-state index is -3.30. The second-order valence-electron chi connectivity index (χ2n) is 9.93. The van der Waals surface area contributed by atoms with E-state index in [9.17, 15) is 13.5 Å². The van der Waals surface area contributed by atoms with Crippen LogP contribution in [0.5, 0.6) is 5.75 Å². The fourth-order valence-corrected chi connectivity index (χ4v) is 5.94. The number of piperazine rings is 1. The van der Waals surface area contributed by atoms with Gasteiger partial charge in [-0.25, -0.2) is 18.1 Å². The van der Waals surface area contributed by atoms with Gasteiger partial charge in [-0.05, 0) is 60.7 Å². The number of ether oxygens (including phenoxy) is 1. The van der Waals surface area contributed by atoms with Gasteiger partial charge in [-0.15, -0.1) is 0 Å². The number of aliphatic hydroxyl groups is 1. The molecule has 3 aromatic carbocycles. The van der Waals surface area contributed by atoms with Gasteiger partial charge in [0.15, 0.2) is 0 Å². The van der Waals surface area contributed by atoms with Crippen molar-refractivity contribution in [1.29, 1.82) is 0 Å². The summed E-state index contributed by atoms with van der Waals surface area (Å²) in [6.45, 7) is 3.34. The van der Waals surface area contributed by atoms with Crippen molar-refractivity contribution in [2.24, 2.45) is 0 Å². The van der Waals surface area contributed by atoms with E-state index in [2.05, 4.69) is 24.6 Å². The molecule has 10 nitrogen and oxygen atoms in total. The maximum atomic E-state index is 11.6. The van der Waals surface area contributed by atoms with E-state index in [4.69, 9.17) is 27.9 Å². The summed E-state index contributed by atoms with van der Waals surface area (Å²) in [5, 5.41) is 16.6. The molecule has 1 unspecified atom stereocenters. The zero-order valence-electron chi connectivity index (χ0n) is 22.3. The fourth-order valence-electron chi connectivity index (χ4n) is 4.79. The Hall–Kier alpha value is -3.51. The largest absolute Gasteiger partial charge is 0.490 e. The Morgan fingerprint density at radius 1 is 0.951 bits per heavy atom. The average Bonchev–Trinajstić information content (AvgIpc) is 3.45. The van der Waals surface area contributed by atoms with Crippen molar-refractivity contribution >= 4 is 50.3 Å². The van der Waals surface area contributed by atoms with Crippen LogP contribution in [-0.4, -0.2) is 67.3 Å². The van der Waals surface area contributed by atoms with E-state index in [-0.39, 0.29) is 13.2 Å². The maximum Gasteiger partial charge on any atom is 0.229 e. The molecule has 0 spiro atoms. The molecule has 41 heavy (non-hydrogen) atoms. The van der Waals surface area contributed by atoms with Crippen LogP contribution in [0.4, 0.5) is 17.1 Å². The van der Waals surface area contributed by atoms with Gasteiger partial charge in [0.2, 0.25) is 10.0 Å². The number of sulfonamides is 1. The highest BCUT2D eigenvalue weighted by molar-refractivity contribution is 7.92. The van der Waals surface area contributed by atoms with Gasteiger partial charge in [-0.2, -0.15) is 5.10 Å². The molecule has 1 aromatic heterocycles. The number of hydrogen-bond acceptors (Lipinski definition) is 8. The Bertz CT molecular complexity index is 1560. The standard InChI is InChI=1S/C28H30Cl2N6O4S/c1-41(38,39)33-22-3-5-23(6-4-22)34-12-14-35(15-13-34)24-7-9-25(10-8-24)40-18-28(37,17-36-20-31-19-32-36)26-11-2-21(29)16-27(26)30/h2-11,16,19-20,33,37H,12-15,17-18H2,1H3. The van der Waals surface area contributed by atoms with Crippen LogP contribution in [-0.2, 0) is 22.2 Å². The molecule has 1 fully saturated rings. The third kappa shape index (κ3) is 7.42. The lowest BCUT2D eigenvalue weighted by Gasteiger charge is -2.37. The molecule has 0 aliphatic carbocycles. The number of hydrogen-bond donors (Lipinski definition) is 2. The number of rotatable bonds is 10. The van der Waals surface area contributed by atoms with Crippen molar-refractivity contribution < 1.29 is 18.3 Å². The van der Waals surface area contributed by atoms with Crippen LogP contribution in [0.2, 0.25) is 10.0 Å². The third-order valence-corrected chi connectivity index (χ3v) is 7.97. The monoisotopic (exact) mass is 616 g/mol. The molecule has 2 N–H and O–H groups in total. The molecule has 2 heterocycles. The van der Waals surface area contributed by atoms with E-state index >= 15 is 0 Å². The summed E-state index contributed by atoms with van der Waals surface area (Å²) < 4.78 is 32.9. The summed E-state index contributed by atoms with van der Waals surface area (Å²) in [6.07, 6.45) is 4.06. The number of halogens is 2. The Balaban J connectivity index is 1.20. The summed E-state index contributed by atoms with van der Waals surface area (Å²) in [5.41, 5.74) is 1.67. The van der Waals surface area contributed by atoms with Crippen molar-refractivity contribution in [2.45, 2.75) is 12.1 Å². The molecule has 0 bridgehead atoms. The molecule has 216 valence electrons. The van der Waals surface area contributed by atoms with Crippen LogP contribution in [0.1, 0.15) is 5.56 Å². The van der Waals surface area contributed by atoms with Gasteiger partial charge in [0.05, 0.1) is 12.8 Å². The van der Waals surface area contributed by atoms with Crippen LogP contribution in [0.15, 0.2) is 79.4 Å². The number of nitrogens with one attached hydrogen (secondary N) is 1. The fraction of sp³-hybridized carbons (Fsp3) is 0.286. The SMILES string of the molecule is CS(=O)(=O)Nc1ccc(N2CCN(c3ccc(OCC(O)(Cn4cncn4)c4ccc(Cl)cc4Cl)cc3)CC2)cc1. The highest BCUT2D eigenvalue weighted by Crippen LogP contribution is 2.33. The third-order valence-electron chi connectivity index (χ3n) is 6.82. The lowest BCUT2D eigenvalue weighted by molar-refractivity contribution is -0.0269. The van der Waals surface area contributed by atoms with Crippen LogP contribution < -0.4 is 19.3 Å². The molecule has 0 radical (unpaired) electrons. The smallest absolute Gasteiger partial charge is 0.229 e. The molecular weight excluding hydrogens is 587 g/mol. The van der Waals surface area contributed by atoms with Crippen LogP contribution in [0.3, 0.4) is 0 Å². The second kappa shape index (κ2) is 12.2. The molecular formula is C28H30Cl2N6O4S. The quantitative estimate of drug-likeness (QED) is 0.272. The highest BCUT2D eigenvalue weighted by atomic mass is 35.5. The van der Waals surface area contributed by atoms with Crippen molar-refractivity contribution in [3.05, 3.63) is 95.0 Å². The van der Waals surface area contributed by atoms with Crippen LogP contribution in [0.25, 0.3) is 0 Å². The first-order valence-corrected chi connectivity index (χ1v) is 15.5. The lowest BCUT2D eigenvalue weighted by Crippen LogP contribution is -2.46.